The SMILES string of the molecule is CCCCCCCCCCCCCCCCCCCCCCCCCCCCBr. The summed E-state index contributed by atoms with van der Waals surface area (Å²) in [4.78, 5) is 0. The first-order valence-electron chi connectivity index (χ1n) is 14.0. The van der Waals surface area contributed by atoms with Crippen LogP contribution in [-0.4, -0.2) is 5.33 Å². The summed E-state index contributed by atoms with van der Waals surface area (Å²) < 4.78 is 0. The summed E-state index contributed by atoms with van der Waals surface area (Å²) in [5, 5.41) is 1.19. The molecule has 0 heterocycles. The van der Waals surface area contributed by atoms with Crippen molar-refractivity contribution in [1.29, 1.82) is 0 Å². The van der Waals surface area contributed by atoms with Crippen molar-refractivity contribution in [2.45, 2.75) is 174 Å². The lowest BCUT2D eigenvalue weighted by atomic mass is 10.0. The maximum absolute atomic E-state index is 3.51. The molecule has 0 aliphatic rings. The highest BCUT2D eigenvalue weighted by Crippen LogP contribution is 2.15. The van der Waals surface area contributed by atoms with Gasteiger partial charge in [-0.05, 0) is 6.42 Å². The van der Waals surface area contributed by atoms with Crippen molar-refractivity contribution >= 4 is 15.9 Å². The summed E-state index contributed by atoms with van der Waals surface area (Å²) >= 11 is 3.51. The second kappa shape index (κ2) is 28.5. The van der Waals surface area contributed by atoms with Gasteiger partial charge in [0, 0.05) is 5.33 Å². The smallest absolute Gasteiger partial charge is 0.00313 e. The van der Waals surface area contributed by atoms with Gasteiger partial charge in [-0.1, -0.05) is 183 Å². The standard InChI is InChI=1S/C28H57Br/c1-2-3-4-5-6-7-8-9-10-11-12-13-14-15-16-17-18-19-20-21-22-23-24-25-26-27-28-29/h2-28H2,1H3. The van der Waals surface area contributed by atoms with E-state index in [2.05, 4.69) is 22.9 Å². The largest absolute Gasteiger partial charge is 0.0928 e. The van der Waals surface area contributed by atoms with Crippen LogP contribution in [0.15, 0.2) is 0 Å². The van der Waals surface area contributed by atoms with E-state index in [1.807, 2.05) is 0 Å². The lowest BCUT2D eigenvalue weighted by molar-refractivity contribution is 0.516. The molecule has 0 spiro atoms. The molecule has 0 nitrogen and oxygen atoms in total. The van der Waals surface area contributed by atoms with Crippen LogP contribution >= 0.6 is 15.9 Å². The zero-order chi connectivity index (χ0) is 21.1. The Bertz CT molecular complexity index is 237. The van der Waals surface area contributed by atoms with Crippen molar-refractivity contribution < 1.29 is 0 Å². The number of alkyl halides is 1. The maximum atomic E-state index is 3.51. The Kier molecular flexibility index (Phi) is 29.0. The average molecular weight is 474 g/mol. The van der Waals surface area contributed by atoms with E-state index in [9.17, 15) is 0 Å². The third-order valence-corrected chi connectivity index (χ3v) is 7.05. The van der Waals surface area contributed by atoms with Crippen LogP contribution in [0.4, 0.5) is 0 Å². The number of hydrogen-bond acceptors (Lipinski definition) is 0. The van der Waals surface area contributed by atoms with E-state index in [4.69, 9.17) is 0 Å². The molecular formula is C28H57Br. The molecule has 0 saturated carbocycles. The third-order valence-electron chi connectivity index (χ3n) is 6.49. The summed E-state index contributed by atoms with van der Waals surface area (Å²) in [6.07, 6.45) is 38.2. The molecule has 176 valence electrons. The van der Waals surface area contributed by atoms with Gasteiger partial charge in [0.1, 0.15) is 0 Å². The molecule has 0 aromatic carbocycles. The molecule has 0 N–H and O–H groups in total. The normalized spacial score (nSPS) is 11.4. The Morgan fingerprint density at radius 1 is 0.276 bits per heavy atom. The average Bonchev–Trinajstić information content (AvgIpc) is 2.74. The van der Waals surface area contributed by atoms with Gasteiger partial charge in [-0.15, -0.1) is 0 Å². The Hall–Kier alpha value is 0.480. The van der Waals surface area contributed by atoms with Crippen LogP contribution in [-0.2, 0) is 0 Å². The van der Waals surface area contributed by atoms with E-state index in [0.717, 1.165) is 0 Å². The highest BCUT2D eigenvalue weighted by Gasteiger charge is 1.96. The summed E-state index contributed by atoms with van der Waals surface area (Å²) in [6, 6.07) is 0. The first kappa shape index (κ1) is 29.5. The van der Waals surface area contributed by atoms with E-state index < -0.39 is 0 Å². The Labute approximate surface area is 194 Å². The predicted molar refractivity (Wildman–Crippen MR) is 140 cm³/mol. The van der Waals surface area contributed by atoms with Gasteiger partial charge in [0.05, 0.1) is 0 Å². The molecule has 0 radical (unpaired) electrons. The van der Waals surface area contributed by atoms with Crippen LogP contribution in [0.25, 0.3) is 0 Å². The summed E-state index contributed by atoms with van der Waals surface area (Å²) in [5.74, 6) is 0. The zero-order valence-corrected chi connectivity index (χ0v) is 22.1. The van der Waals surface area contributed by atoms with E-state index >= 15 is 0 Å². The molecule has 0 saturated heterocycles. The van der Waals surface area contributed by atoms with Gasteiger partial charge in [-0.2, -0.15) is 0 Å². The molecule has 0 rings (SSSR count). The van der Waals surface area contributed by atoms with Gasteiger partial charge in [0.2, 0.25) is 0 Å². The highest BCUT2D eigenvalue weighted by atomic mass is 79.9. The first-order chi connectivity index (χ1) is 14.4. The van der Waals surface area contributed by atoms with Crippen LogP contribution in [0.3, 0.4) is 0 Å². The van der Waals surface area contributed by atoms with Gasteiger partial charge < -0.3 is 0 Å². The Morgan fingerprint density at radius 2 is 0.448 bits per heavy atom. The molecule has 0 aromatic heterocycles. The van der Waals surface area contributed by atoms with Crippen LogP contribution in [0, 0.1) is 0 Å². The summed E-state index contributed by atoms with van der Waals surface area (Å²) in [7, 11) is 0. The monoisotopic (exact) mass is 472 g/mol. The van der Waals surface area contributed by atoms with Gasteiger partial charge in [-0.25, -0.2) is 0 Å². The number of rotatable bonds is 26. The van der Waals surface area contributed by atoms with Crippen LogP contribution in [0.2, 0.25) is 0 Å². The van der Waals surface area contributed by atoms with E-state index in [1.54, 1.807) is 0 Å². The summed E-state index contributed by atoms with van der Waals surface area (Å²) in [6.45, 7) is 2.30. The third kappa shape index (κ3) is 28.5. The topological polar surface area (TPSA) is 0 Å². The molecular weight excluding hydrogens is 416 g/mol. The molecule has 1 heteroatoms. The minimum absolute atomic E-state index is 1.19. The molecule has 0 aromatic rings. The summed E-state index contributed by atoms with van der Waals surface area (Å²) in [5.41, 5.74) is 0. The van der Waals surface area contributed by atoms with Crippen molar-refractivity contribution in [2.75, 3.05) is 5.33 Å². The molecule has 0 fully saturated rings. The van der Waals surface area contributed by atoms with E-state index in [1.165, 1.54) is 172 Å². The lowest BCUT2D eigenvalue weighted by Gasteiger charge is -2.04. The predicted octanol–water partition coefficient (Wildman–Crippen LogP) is 11.5. The lowest BCUT2D eigenvalue weighted by Crippen LogP contribution is -1.84. The van der Waals surface area contributed by atoms with Crippen molar-refractivity contribution in [2.24, 2.45) is 0 Å². The van der Waals surface area contributed by atoms with Gasteiger partial charge in [0.25, 0.3) is 0 Å². The van der Waals surface area contributed by atoms with E-state index in [0.29, 0.717) is 0 Å². The van der Waals surface area contributed by atoms with Crippen molar-refractivity contribution in [3.63, 3.8) is 0 Å². The second-order valence-electron chi connectivity index (χ2n) is 9.53. The minimum atomic E-state index is 1.19. The van der Waals surface area contributed by atoms with Crippen molar-refractivity contribution in [1.82, 2.24) is 0 Å². The van der Waals surface area contributed by atoms with Gasteiger partial charge in [-0.3, -0.25) is 0 Å². The van der Waals surface area contributed by atoms with Crippen LogP contribution in [0.5, 0.6) is 0 Å². The molecule has 0 amide bonds. The van der Waals surface area contributed by atoms with Gasteiger partial charge >= 0.3 is 0 Å². The van der Waals surface area contributed by atoms with Crippen molar-refractivity contribution in [3.8, 4) is 0 Å². The molecule has 29 heavy (non-hydrogen) atoms. The second-order valence-corrected chi connectivity index (χ2v) is 10.3. The van der Waals surface area contributed by atoms with E-state index in [-0.39, 0.29) is 0 Å². The van der Waals surface area contributed by atoms with Crippen LogP contribution in [0.1, 0.15) is 174 Å². The number of hydrogen-bond donors (Lipinski definition) is 0. The van der Waals surface area contributed by atoms with Crippen LogP contribution < -0.4 is 0 Å². The quantitative estimate of drug-likeness (QED) is 0.0865. The molecule has 0 aliphatic carbocycles. The molecule has 0 atom stereocenters. The maximum Gasteiger partial charge on any atom is 0.00313 e. The number of unbranched alkanes of at least 4 members (excludes halogenated alkanes) is 25. The Balaban J connectivity index is 2.97. The fourth-order valence-electron chi connectivity index (χ4n) is 4.41. The highest BCUT2D eigenvalue weighted by molar-refractivity contribution is 9.09. The minimum Gasteiger partial charge on any atom is -0.0928 e. The zero-order valence-electron chi connectivity index (χ0n) is 20.5. The first-order valence-corrected chi connectivity index (χ1v) is 15.1. The molecule has 0 aliphatic heterocycles. The van der Waals surface area contributed by atoms with Gasteiger partial charge in [0.15, 0.2) is 0 Å². The molecule has 0 unspecified atom stereocenters. The fraction of sp³-hybridized carbons (Fsp3) is 1.00. The molecule has 0 bridgehead atoms. The fourth-order valence-corrected chi connectivity index (χ4v) is 4.81. The Morgan fingerprint density at radius 3 is 0.621 bits per heavy atom. The number of halogens is 1. The van der Waals surface area contributed by atoms with Crippen molar-refractivity contribution in [3.05, 3.63) is 0 Å².